The molecule has 0 unspecified atom stereocenters. The standard InChI is InChI=1S/C11H6BrFN2O3/c12-9-5-2-6-10(14-9)18-11-7(13)3-1-4-8(11)15(16)17/h1-6H. The van der Waals surface area contributed by atoms with Gasteiger partial charge in [-0.3, -0.25) is 10.1 Å². The zero-order valence-electron chi connectivity index (χ0n) is 8.84. The average Bonchev–Trinajstić information content (AvgIpc) is 2.31. The van der Waals surface area contributed by atoms with Gasteiger partial charge in [0.2, 0.25) is 11.6 Å². The zero-order chi connectivity index (χ0) is 13.1. The molecule has 0 aliphatic rings. The Bertz CT molecular complexity index is 607. The summed E-state index contributed by atoms with van der Waals surface area (Å²) in [7, 11) is 0. The molecule has 0 radical (unpaired) electrons. The van der Waals surface area contributed by atoms with Crippen LogP contribution in [0.2, 0.25) is 0 Å². The summed E-state index contributed by atoms with van der Waals surface area (Å²) in [5, 5.41) is 10.8. The van der Waals surface area contributed by atoms with E-state index in [4.69, 9.17) is 4.74 Å². The van der Waals surface area contributed by atoms with Crippen molar-refractivity contribution >= 4 is 21.6 Å². The molecule has 0 saturated carbocycles. The normalized spacial score (nSPS) is 10.1. The van der Waals surface area contributed by atoms with Crippen LogP contribution in [0.3, 0.4) is 0 Å². The Kier molecular flexibility index (Phi) is 3.52. The molecule has 18 heavy (non-hydrogen) atoms. The van der Waals surface area contributed by atoms with E-state index >= 15 is 0 Å². The monoisotopic (exact) mass is 312 g/mol. The summed E-state index contributed by atoms with van der Waals surface area (Å²) in [4.78, 5) is 14.0. The molecule has 2 aromatic rings. The Morgan fingerprint density at radius 3 is 2.67 bits per heavy atom. The van der Waals surface area contributed by atoms with Crippen LogP contribution in [0.15, 0.2) is 41.0 Å². The summed E-state index contributed by atoms with van der Waals surface area (Å²) in [6.07, 6.45) is 0. The van der Waals surface area contributed by atoms with E-state index in [2.05, 4.69) is 20.9 Å². The summed E-state index contributed by atoms with van der Waals surface area (Å²) in [6.45, 7) is 0. The lowest BCUT2D eigenvalue weighted by Gasteiger charge is -2.06. The highest BCUT2D eigenvalue weighted by Crippen LogP contribution is 2.33. The molecule has 5 nitrogen and oxygen atoms in total. The Labute approximate surface area is 110 Å². The number of nitrogens with zero attached hydrogens (tertiary/aromatic N) is 2. The van der Waals surface area contributed by atoms with Crippen molar-refractivity contribution in [2.24, 2.45) is 0 Å². The Morgan fingerprint density at radius 1 is 1.28 bits per heavy atom. The third-order valence-corrected chi connectivity index (χ3v) is 2.48. The van der Waals surface area contributed by atoms with E-state index in [1.807, 2.05) is 0 Å². The van der Waals surface area contributed by atoms with Crippen molar-refractivity contribution in [3.63, 3.8) is 0 Å². The highest BCUT2D eigenvalue weighted by molar-refractivity contribution is 9.10. The quantitative estimate of drug-likeness (QED) is 0.492. The van der Waals surface area contributed by atoms with E-state index in [1.54, 1.807) is 12.1 Å². The van der Waals surface area contributed by atoms with Gasteiger partial charge in [-0.25, -0.2) is 9.37 Å². The predicted octanol–water partition coefficient (Wildman–Crippen LogP) is 3.68. The van der Waals surface area contributed by atoms with Crippen molar-refractivity contribution in [2.45, 2.75) is 0 Å². The smallest absolute Gasteiger partial charge is 0.314 e. The van der Waals surface area contributed by atoms with E-state index in [0.29, 0.717) is 4.60 Å². The molecule has 0 aliphatic carbocycles. The summed E-state index contributed by atoms with van der Waals surface area (Å²) < 4.78 is 19.1. The maximum Gasteiger partial charge on any atom is 0.314 e. The maximum absolute atomic E-state index is 13.5. The van der Waals surface area contributed by atoms with Gasteiger partial charge < -0.3 is 4.74 Å². The van der Waals surface area contributed by atoms with Gasteiger partial charge in [-0.05, 0) is 28.1 Å². The number of rotatable bonds is 3. The third-order valence-electron chi connectivity index (χ3n) is 2.04. The summed E-state index contributed by atoms with van der Waals surface area (Å²) in [6, 6.07) is 8.24. The number of nitro groups is 1. The van der Waals surface area contributed by atoms with Gasteiger partial charge in [0.25, 0.3) is 0 Å². The molecule has 92 valence electrons. The fourth-order valence-electron chi connectivity index (χ4n) is 1.29. The van der Waals surface area contributed by atoms with Crippen LogP contribution in [0.5, 0.6) is 11.6 Å². The van der Waals surface area contributed by atoms with Crippen molar-refractivity contribution < 1.29 is 14.1 Å². The van der Waals surface area contributed by atoms with Crippen molar-refractivity contribution in [3.05, 3.63) is 56.9 Å². The van der Waals surface area contributed by atoms with Gasteiger partial charge in [-0.2, -0.15) is 0 Å². The summed E-state index contributed by atoms with van der Waals surface area (Å²) >= 11 is 3.12. The molecule has 0 saturated heterocycles. The SMILES string of the molecule is O=[N+]([O-])c1cccc(F)c1Oc1cccc(Br)n1. The van der Waals surface area contributed by atoms with Gasteiger partial charge in [0.05, 0.1) is 4.92 Å². The molecule has 1 heterocycles. The van der Waals surface area contributed by atoms with Crippen LogP contribution in [0.25, 0.3) is 0 Å². The first-order valence-electron chi connectivity index (χ1n) is 4.81. The number of aromatic nitrogens is 1. The minimum Gasteiger partial charge on any atom is -0.429 e. The average molecular weight is 313 g/mol. The molecule has 7 heteroatoms. The molecular formula is C11H6BrFN2O3. The first-order valence-corrected chi connectivity index (χ1v) is 5.60. The second kappa shape index (κ2) is 5.09. The summed E-state index contributed by atoms with van der Waals surface area (Å²) in [5.74, 6) is -1.20. The number of para-hydroxylation sites is 1. The van der Waals surface area contributed by atoms with E-state index < -0.39 is 22.2 Å². The molecule has 2 rings (SSSR count). The van der Waals surface area contributed by atoms with Crippen molar-refractivity contribution in [1.82, 2.24) is 4.98 Å². The molecule has 0 atom stereocenters. The number of ether oxygens (including phenoxy) is 1. The predicted molar refractivity (Wildman–Crippen MR) is 65.1 cm³/mol. The van der Waals surface area contributed by atoms with Crippen molar-refractivity contribution in [1.29, 1.82) is 0 Å². The fourth-order valence-corrected chi connectivity index (χ4v) is 1.62. The second-order valence-electron chi connectivity index (χ2n) is 3.25. The highest BCUT2D eigenvalue weighted by atomic mass is 79.9. The van der Waals surface area contributed by atoms with Crippen LogP contribution in [-0.2, 0) is 0 Å². The topological polar surface area (TPSA) is 65.3 Å². The largest absolute Gasteiger partial charge is 0.429 e. The lowest BCUT2D eigenvalue weighted by atomic mass is 10.3. The van der Waals surface area contributed by atoms with E-state index in [0.717, 1.165) is 12.1 Å². The van der Waals surface area contributed by atoms with Crippen LogP contribution >= 0.6 is 15.9 Å². The lowest BCUT2D eigenvalue weighted by molar-refractivity contribution is -0.385. The number of hydrogen-bond donors (Lipinski definition) is 0. The first-order chi connectivity index (χ1) is 8.58. The molecule has 0 fully saturated rings. The van der Waals surface area contributed by atoms with Gasteiger partial charge in [0, 0.05) is 12.1 Å². The summed E-state index contributed by atoms with van der Waals surface area (Å²) in [5.41, 5.74) is -0.447. The van der Waals surface area contributed by atoms with Crippen molar-refractivity contribution in [2.75, 3.05) is 0 Å². The number of pyridine rings is 1. The van der Waals surface area contributed by atoms with E-state index in [1.165, 1.54) is 12.1 Å². The molecule has 1 aromatic carbocycles. The minimum atomic E-state index is -0.814. The Morgan fingerprint density at radius 2 is 2.00 bits per heavy atom. The molecule has 0 aliphatic heterocycles. The van der Waals surface area contributed by atoms with Crippen LogP contribution in [0.1, 0.15) is 0 Å². The molecule has 0 spiro atoms. The number of benzene rings is 1. The van der Waals surface area contributed by atoms with Crippen LogP contribution < -0.4 is 4.74 Å². The molecule has 1 aromatic heterocycles. The minimum absolute atomic E-state index is 0.0672. The Balaban J connectivity index is 2.42. The first kappa shape index (κ1) is 12.4. The maximum atomic E-state index is 13.5. The fraction of sp³-hybridized carbons (Fsp3) is 0. The van der Waals surface area contributed by atoms with E-state index in [9.17, 15) is 14.5 Å². The molecular weight excluding hydrogens is 307 g/mol. The van der Waals surface area contributed by atoms with E-state index in [-0.39, 0.29) is 5.88 Å². The zero-order valence-corrected chi connectivity index (χ0v) is 10.4. The van der Waals surface area contributed by atoms with Gasteiger partial charge in [-0.1, -0.05) is 12.1 Å². The molecule has 0 amide bonds. The third kappa shape index (κ3) is 2.62. The Hall–Kier alpha value is -2.02. The number of halogens is 2. The molecule has 0 bridgehead atoms. The van der Waals surface area contributed by atoms with Crippen LogP contribution in [0, 0.1) is 15.9 Å². The van der Waals surface area contributed by atoms with Gasteiger partial charge >= 0.3 is 5.69 Å². The lowest BCUT2D eigenvalue weighted by Crippen LogP contribution is -1.97. The van der Waals surface area contributed by atoms with Gasteiger partial charge in [0.1, 0.15) is 4.60 Å². The number of hydrogen-bond acceptors (Lipinski definition) is 4. The second-order valence-corrected chi connectivity index (χ2v) is 4.06. The van der Waals surface area contributed by atoms with Crippen LogP contribution in [-0.4, -0.2) is 9.91 Å². The molecule has 0 N–H and O–H groups in total. The van der Waals surface area contributed by atoms with Gasteiger partial charge in [-0.15, -0.1) is 0 Å². The highest BCUT2D eigenvalue weighted by Gasteiger charge is 2.20. The number of nitro benzene ring substituents is 1. The van der Waals surface area contributed by atoms with Crippen molar-refractivity contribution in [3.8, 4) is 11.6 Å². The van der Waals surface area contributed by atoms with Gasteiger partial charge in [0.15, 0.2) is 5.82 Å². The van der Waals surface area contributed by atoms with Crippen LogP contribution in [0.4, 0.5) is 10.1 Å².